The van der Waals surface area contributed by atoms with E-state index < -0.39 is 30.4 Å². The van der Waals surface area contributed by atoms with Crippen molar-refractivity contribution in [3.8, 4) is 0 Å². The summed E-state index contributed by atoms with van der Waals surface area (Å²) in [6.07, 6.45) is 0. The Hall–Kier alpha value is -2.98. The van der Waals surface area contributed by atoms with E-state index in [1.165, 1.54) is 24.3 Å². The van der Waals surface area contributed by atoms with E-state index in [9.17, 15) is 30.5 Å². The first-order chi connectivity index (χ1) is 20.4. The van der Waals surface area contributed by atoms with Crippen LogP contribution >= 0.6 is 23.4 Å². The number of hydrogen-bond acceptors (Lipinski definition) is 2. The van der Waals surface area contributed by atoms with Crippen LogP contribution in [0.5, 0.6) is 0 Å². The van der Waals surface area contributed by atoms with Gasteiger partial charge in [-0.3, -0.25) is 4.79 Å². The van der Waals surface area contributed by atoms with Crippen LogP contribution < -0.4 is 0 Å². The summed E-state index contributed by atoms with van der Waals surface area (Å²) in [5, 5.41) is 0.531. The Morgan fingerprint density at radius 2 is 0.955 bits per heavy atom. The first-order valence-electron chi connectivity index (χ1n) is 12.4. The number of ketones is 1. The predicted molar refractivity (Wildman–Crippen MR) is 159 cm³/mol. The number of benzene rings is 5. The number of halogens is 9. The van der Waals surface area contributed by atoms with Crippen LogP contribution in [0.1, 0.15) is 15.9 Å². The topological polar surface area (TPSA) is 17.1 Å². The molecule has 0 aliphatic carbocycles. The van der Waals surface area contributed by atoms with E-state index in [0.717, 1.165) is 24.5 Å². The van der Waals surface area contributed by atoms with Crippen LogP contribution in [-0.4, -0.2) is 25.3 Å². The number of rotatable bonds is 7. The molecule has 0 radical (unpaired) electrons. The molecule has 44 heavy (non-hydrogen) atoms. The molecule has 0 aliphatic rings. The average Bonchev–Trinajstić information content (AvgIpc) is 2.94. The van der Waals surface area contributed by atoms with Gasteiger partial charge >= 0.3 is 36.4 Å². The van der Waals surface area contributed by atoms with Crippen molar-refractivity contribution in [3.05, 3.63) is 149 Å². The van der Waals surface area contributed by atoms with Crippen molar-refractivity contribution in [1.29, 1.82) is 0 Å². The van der Waals surface area contributed by atoms with E-state index in [-0.39, 0.29) is 17.4 Å². The minimum atomic E-state index is -11.2. The molecule has 5 aromatic carbocycles. The molecule has 13 heteroatoms. The van der Waals surface area contributed by atoms with Gasteiger partial charge in [-0.15, -0.1) is 0 Å². The Morgan fingerprint density at radius 1 is 0.568 bits per heavy atom. The van der Waals surface area contributed by atoms with Crippen LogP contribution in [-0.2, 0) is 10.9 Å². The summed E-state index contributed by atoms with van der Waals surface area (Å²) >= 11 is -3.64. The zero-order valence-corrected chi connectivity index (χ0v) is 27.1. The van der Waals surface area contributed by atoms with Crippen LogP contribution in [0.15, 0.2) is 146 Å². The van der Waals surface area contributed by atoms with Gasteiger partial charge < -0.3 is 0 Å². The van der Waals surface area contributed by atoms with E-state index in [0.29, 0.717) is 16.1 Å². The fraction of sp³-hybridized carbons (Fsp3) is 0. The summed E-state index contributed by atoms with van der Waals surface area (Å²) in [5.41, 5.74) is 1.16. The van der Waals surface area contributed by atoms with Gasteiger partial charge in [0.25, 0.3) is 0 Å². The van der Waals surface area contributed by atoms with Gasteiger partial charge in [0, 0.05) is 25.9 Å². The summed E-state index contributed by atoms with van der Waals surface area (Å²) in [5.74, 6) is -0.658. The Morgan fingerprint density at radius 3 is 1.36 bits per heavy atom. The van der Waals surface area contributed by atoms with Crippen molar-refractivity contribution in [2.75, 3.05) is 0 Å². The normalized spacial score (nSPS) is 13.0. The molecule has 0 fully saturated rings. The quantitative estimate of drug-likeness (QED) is 0.0708. The summed E-state index contributed by atoms with van der Waals surface area (Å²) < 4.78 is 86.7. The molecule has 5 aromatic rings. The van der Waals surface area contributed by atoms with E-state index in [2.05, 4.69) is 12.1 Å². The van der Waals surface area contributed by atoms with Gasteiger partial charge in [-0.2, -0.15) is 0 Å². The van der Waals surface area contributed by atoms with Gasteiger partial charge in [-0.1, -0.05) is 35.5 Å². The van der Waals surface area contributed by atoms with Crippen LogP contribution in [0.25, 0.3) is 0 Å². The third-order valence-corrected chi connectivity index (χ3v) is 9.08. The van der Waals surface area contributed by atoms with Crippen molar-refractivity contribution in [3.63, 3.8) is 0 Å². The van der Waals surface area contributed by atoms with Gasteiger partial charge in [0.2, 0.25) is 0 Å². The zero-order valence-electron chi connectivity index (χ0n) is 22.1. The monoisotopic (exact) mass is 780 g/mol. The first-order valence-corrected chi connectivity index (χ1v) is 20.6. The molecule has 0 atom stereocenters. The molecule has 0 bridgehead atoms. The summed E-state index contributed by atoms with van der Waals surface area (Å²) in [4.78, 5) is 17.7. The minimum absolute atomic E-state index is 0.0722. The molecule has 0 N–H and O–H groups in total. The van der Waals surface area contributed by atoms with Crippen molar-refractivity contribution < 1.29 is 30.5 Å². The average molecular weight is 782 g/mol. The molecule has 0 aromatic heterocycles. The van der Waals surface area contributed by atoms with Gasteiger partial charge in [0.1, 0.15) is 11.6 Å². The predicted octanol–water partition coefficient (Wildman–Crippen LogP) is 11.2. The first kappa shape index (κ1) is 33.9. The molecule has 0 saturated carbocycles. The third-order valence-electron chi connectivity index (χ3n) is 5.60. The number of carbonyl (C=O) groups excluding carboxylic acids is 1. The second-order valence-electron chi connectivity index (χ2n) is 9.11. The standard InChI is InChI=1S/C31H20ClF2OS2.6FH.Sb/c32-23-3-1-2-22(20-23)31(35)21-4-10-26(11-5-21)36-27-12-18-30(19-13-27)37(28-14-6-24(33)7-15-28)29-16-8-25(34)9-17-29;;;;;;;/h1-20H;6*1H;/q+1;;;;;;;+5/p-6. The van der Waals surface area contributed by atoms with Crippen molar-refractivity contribution in [1.82, 2.24) is 0 Å². The van der Waals surface area contributed by atoms with Crippen LogP contribution in [0.3, 0.4) is 0 Å². The molecular formula is C31H20ClF8OS2Sb. The van der Waals surface area contributed by atoms with E-state index in [4.69, 9.17) is 11.6 Å². The van der Waals surface area contributed by atoms with Gasteiger partial charge in [-0.25, -0.2) is 8.78 Å². The fourth-order valence-electron chi connectivity index (χ4n) is 3.80. The molecular weight excluding hydrogens is 762 g/mol. The number of hydrogen-bond donors (Lipinski definition) is 0. The van der Waals surface area contributed by atoms with E-state index in [1.54, 1.807) is 60.3 Å². The Labute approximate surface area is 262 Å². The molecule has 5 rings (SSSR count). The summed E-state index contributed by atoms with van der Waals surface area (Å²) in [6.45, 7) is 0. The SMILES string of the molecule is O=C(c1ccc(Sc2ccc([S+](c3ccc(F)cc3)c3ccc(F)cc3)cc2)cc1)c1cccc(Cl)c1.[F][Sb-]([F])([F])([F])([F])[F]. The van der Waals surface area contributed by atoms with Crippen molar-refractivity contribution in [2.24, 2.45) is 0 Å². The fourth-order valence-corrected chi connectivity index (χ4v) is 6.85. The Bertz CT molecular complexity index is 1690. The molecule has 0 spiro atoms. The van der Waals surface area contributed by atoms with Crippen molar-refractivity contribution in [2.45, 2.75) is 24.5 Å². The molecule has 0 heterocycles. The van der Waals surface area contributed by atoms with Gasteiger partial charge in [0.15, 0.2) is 20.5 Å². The maximum absolute atomic E-state index is 13.6. The summed E-state index contributed by atoms with van der Waals surface area (Å²) in [7, 11) is -0.504. The van der Waals surface area contributed by atoms with Gasteiger partial charge in [-0.05, 0) is 109 Å². The van der Waals surface area contributed by atoms with E-state index >= 15 is 0 Å². The Balaban J connectivity index is 0.000000566. The number of carbonyl (C=O) groups is 1. The van der Waals surface area contributed by atoms with Crippen LogP contribution in [0.4, 0.5) is 25.7 Å². The molecule has 0 amide bonds. The molecule has 0 aliphatic heterocycles. The summed E-state index contributed by atoms with van der Waals surface area (Å²) in [6, 6.07) is 35.5. The van der Waals surface area contributed by atoms with Crippen LogP contribution in [0.2, 0.25) is 5.02 Å². The molecule has 0 unspecified atom stereocenters. The molecule has 230 valence electrons. The zero-order chi connectivity index (χ0) is 32.2. The molecule has 1 nitrogen and oxygen atoms in total. The maximum atomic E-state index is 13.6. The second kappa shape index (κ2) is 12.8. The third kappa shape index (κ3) is 11.2. The molecule has 0 saturated heterocycles. The van der Waals surface area contributed by atoms with E-state index in [1.807, 2.05) is 36.4 Å². The van der Waals surface area contributed by atoms with Crippen LogP contribution in [0, 0.1) is 11.6 Å². The Kier molecular flexibility index (Phi) is 9.85. The second-order valence-corrected chi connectivity index (χ2v) is 18.2. The van der Waals surface area contributed by atoms with Gasteiger partial charge in [0.05, 0.1) is 10.9 Å². The van der Waals surface area contributed by atoms with Crippen molar-refractivity contribution >= 4 is 59.5 Å².